The molecule has 1 saturated heterocycles. The Hall–Kier alpha value is -2.14. The molecule has 21 heavy (non-hydrogen) atoms. The number of carboxylic acids is 1. The summed E-state index contributed by atoms with van der Waals surface area (Å²) in [5.74, 6) is -2.58. The molecule has 0 bridgehead atoms. The minimum atomic E-state index is -1.40. The van der Waals surface area contributed by atoms with Crippen LogP contribution < -0.4 is 10.0 Å². The van der Waals surface area contributed by atoms with E-state index in [1.165, 1.54) is 18.2 Å². The Morgan fingerprint density at radius 3 is 2.19 bits per heavy atom. The molecule has 2 aliphatic rings. The van der Waals surface area contributed by atoms with Crippen LogP contribution in [0, 0.1) is 11.8 Å². The normalized spacial score (nSPS) is 24.3. The molecule has 5 nitrogen and oxygen atoms in total. The molecule has 0 aromatic heterocycles. The monoisotopic (exact) mass is 304 g/mol. The van der Waals surface area contributed by atoms with Gasteiger partial charge in [0, 0.05) is 5.56 Å². The average Bonchev–Trinajstić information content (AvgIpc) is 2.71. The molecule has 0 N–H and O–H groups in total. The van der Waals surface area contributed by atoms with Gasteiger partial charge in [-0.3, -0.25) is 9.59 Å². The standard InChI is InChI=1S/C15H12ClNO4/c16-12-7-8(5-6-11(12)15(20)21)17-13(18)9-3-1-2-4-10(9)14(17)19/h1-2,5-7,9-10H,3-4H2,(H,20,21)/p-1/t9-,10-/m1/s1. The summed E-state index contributed by atoms with van der Waals surface area (Å²) in [5.41, 5.74) is 0.132. The topological polar surface area (TPSA) is 77.5 Å². The number of fused-ring (bicyclic) bond motifs is 1. The highest BCUT2D eigenvalue weighted by Crippen LogP contribution is 2.38. The van der Waals surface area contributed by atoms with E-state index in [4.69, 9.17) is 11.6 Å². The molecular weight excluding hydrogens is 294 g/mol. The Labute approximate surface area is 125 Å². The number of allylic oxidation sites excluding steroid dienone is 2. The minimum Gasteiger partial charge on any atom is -0.545 e. The number of carbonyl (C=O) groups is 3. The van der Waals surface area contributed by atoms with Crippen LogP contribution in [-0.2, 0) is 9.59 Å². The first-order chi connectivity index (χ1) is 10.0. The largest absolute Gasteiger partial charge is 0.545 e. The SMILES string of the molecule is O=C([O-])c1ccc(N2C(=O)[C@@H]3CC=CC[C@H]3C2=O)cc1Cl. The van der Waals surface area contributed by atoms with Gasteiger partial charge < -0.3 is 9.90 Å². The molecule has 0 spiro atoms. The van der Waals surface area contributed by atoms with E-state index < -0.39 is 5.97 Å². The first kappa shape index (κ1) is 13.8. The maximum atomic E-state index is 12.4. The van der Waals surface area contributed by atoms with E-state index in [0.29, 0.717) is 18.5 Å². The highest BCUT2D eigenvalue weighted by Gasteiger charge is 2.47. The highest BCUT2D eigenvalue weighted by atomic mass is 35.5. The van der Waals surface area contributed by atoms with Crippen molar-refractivity contribution in [1.29, 1.82) is 0 Å². The molecule has 2 amide bonds. The van der Waals surface area contributed by atoms with Crippen LogP contribution in [-0.4, -0.2) is 17.8 Å². The maximum absolute atomic E-state index is 12.4. The Morgan fingerprint density at radius 1 is 1.14 bits per heavy atom. The van der Waals surface area contributed by atoms with Crippen LogP contribution in [0.15, 0.2) is 30.4 Å². The van der Waals surface area contributed by atoms with Gasteiger partial charge in [0.05, 0.1) is 28.5 Å². The van der Waals surface area contributed by atoms with E-state index in [1.54, 1.807) is 0 Å². The predicted octanol–water partition coefficient (Wildman–Crippen LogP) is 1.16. The number of imide groups is 1. The molecule has 1 aromatic rings. The maximum Gasteiger partial charge on any atom is 0.238 e. The van der Waals surface area contributed by atoms with Gasteiger partial charge in [0.1, 0.15) is 0 Å². The van der Waals surface area contributed by atoms with E-state index in [1.807, 2.05) is 12.2 Å². The van der Waals surface area contributed by atoms with Crippen molar-refractivity contribution in [3.8, 4) is 0 Å². The highest BCUT2D eigenvalue weighted by molar-refractivity contribution is 6.34. The molecule has 0 unspecified atom stereocenters. The molecule has 1 aromatic carbocycles. The van der Waals surface area contributed by atoms with E-state index in [9.17, 15) is 19.5 Å². The summed E-state index contributed by atoms with van der Waals surface area (Å²) >= 11 is 5.87. The van der Waals surface area contributed by atoms with Gasteiger partial charge in [0.25, 0.3) is 0 Å². The number of hydrogen-bond acceptors (Lipinski definition) is 4. The van der Waals surface area contributed by atoms with Gasteiger partial charge in [-0.2, -0.15) is 0 Å². The third-order valence-corrected chi connectivity index (χ3v) is 4.25. The third-order valence-electron chi connectivity index (χ3n) is 3.94. The van der Waals surface area contributed by atoms with Gasteiger partial charge in [0.2, 0.25) is 11.8 Å². The van der Waals surface area contributed by atoms with Crippen LogP contribution in [0.2, 0.25) is 5.02 Å². The molecular formula is C15H11ClNO4-. The number of benzene rings is 1. The van der Waals surface area contributed by atoms with Crippen molar-refractivity contribution in [1.82, 2.24) is 0 Å². The van der Waals surface area contributed by atoms with E-state index in [2.05, 4.69) is 0 Å². The molecule has 1 heterocycles. The van der Waals surface area contributed by atoms with Crippen molar-refractivity contribution >= 4 is 35.1 Å². The van der Waals surface area contributed by atoms with Crippen LogP contribution in [0.25, 0.3) is 0 Å². The Morgan fingerprint density at radius 2 is 1.71 bits per heavy atom. The number of carboxylic acid groups (broad SMARTS) is 1. The summed E-state index contributed by atoms with van der Waals surface area (Å²) in [4.78, 5) is 36.7. The van der Waals surface area contributed by atoms with Crippen LogP contribution in [0.1, 0.15) is 23.2 Å². The fraction of sp³-hybridized carbons (Fsp3) is 0.267. The zero-order valence-corrected chi connectivity index (χ0v) is 11.7. The number of hydrogen-bond donors (Lipinski definition) is 0. The molecule has 3 rings (SSSR count). The summed E-state index contributed by atoms with van der Waals surface area (Å²) in [5, 5.41) is 10.8. The van der Waals surface area contributed by atoms with Crippen LogP contribution in [0.5, 0.6) is 0 Å². The lowest BCUT2D eigenvalue weighted by molar-refractivity contribution is -0.255. The van der Waals surface area contributed by atoms with Crippen LogP contribution in [0.3, 0.4) is 0 Å². The molecule has 0 radical (unpaired) electrons. The summed E-state index contributed by atoms with van der Waals surface area (Å²) in [6, 6.07) is 3.96. The number of rotatable bonds is 2. The third kappa shape index (κ3) is 2.14. The molecule has 1 aliphatic heterocycles. The van der Waals surface area contributed by atoms with Crippen LogP contribution in [0.4, 0.5) is 5.69 Å². The van der Waals surface area contributed by atoms with Crippen molar-refractivity contribution in [3.63, 3.8) is 0 Å². The average molecular weight is 305 g/mol. The fourth-order valence-electron chi connectivity index (χ4n) is 2.86. The van der Waals surface area contributed by atoms with Gasteiger partial charge in [-0.15, -0.1) is 0 Å². The second-order valence-corrected chi connectivity index (χ2v) is 5.53. The van der Waals surface area contributed by atoms with Crippen molar-refractivity contribution in [2.75, 3.05) is 4.90 Å². The number of halogens is 1. The van der Waals surface area contributed by atoms with E-state index >= 15 is 0 Å². The predicted molar refractivity (Wildman–Crippen MR) is 73.6 cm³/mol. The zero-order valence-electron chi connectivity index (χ0n) is 10.9. The number of nitrogens with zero attached hydrogens (tertiary/aromatic N) is 1. The van der Waals surface area contributed by atoms with Gasteiger partial charge >= 0.3 is 0 Å². The van der Waals surface area contributed by atoms with Crippen molar-refractivity contribution < 1.29 is 19.5 Å². The molecule has 6 heteroatoms. The molecule has 1 fully saturated rings. The minimum absolute atomic E-state index is 0.0545. The fourth-order valence-corrected chi connectivity index (χ4v) is 3.12. The van der Waals surface area contributed by atoms with Gasteiger partial charge in [-0.1, -0.05) is 23.8 Å². The molecule has 0 saturated carbocycles. The van der Waals surface area contributed by atoms with Gasteiger partial charge in [-0.05, 0) is 31.0 Å². The number of carbonyl (C=O) groups excluding carboxylic acids is 3. The van der Waals surface area contributed by atoms with E-state index in [0.717, 1.165) is 4.90 Å². The van der Waals surface area contributed by atoms with Gasteiger partial charge in [0.15, 0.2) is 0 Å². The lowest BCUT2D eigenvalue weighted by Gasteiger charge is -2.16. The van der Waals surface area contributed by atoms with Gasteiger partial charge in [-0.25, -0.2) is 4.90 Å². The second kappa shape index (κ2) is 5.00. The van der Waals surface area contributed by atoms with Crippen molar-refractivity contribution in [3.05, 3.63) is 40.9 Å². The van der Waals surface area contributed by atoms with E-state index in [-0.39, 0.29) is 34.2 Å². The Kier molecular flexibility index (Phi) is 3.29. The van der Waals surface area contributed by atoms with Crippen LogP contribution >= 0.6 is 11.6 Å². The Bertz CT molecular complexity index is 656. The summed E-state index contributed by atoms with van der Waals surface area (Å²) < 4.78 is 0. The van der Waals surface area contributed by atoms with Crippen molar-refractivity contribution in [2.24, 2.45) is 11.8 Å². The Balaban J connectivity index is 1.98. The first-order valence-corrected chi connectivity index (χ1v) is 6.92. The smallest absolute Gasteiger partial charge is 0.238 e. The number of aromatic carboxylic acids is 1. The number of anilines is 1. The zero-order chi connectivity index (χ0) is 15.1. The summed E-state index contributed by atoms with van der Waals surface area (Å²) in [7, 11) is 0. The quantitative estimate of drug-likeness (QED) is 0.607. The lowest BCUT2D eigenvalue weighted by Crippen LogP contribution is -2.31. The lowest BCUT2D eigenvalue weighted by atomic mass is 9.85. The number of amides is 2. The first-order valence-electron chi connectivity index (χ1n) is 6.54. The summed E-state index contributed by atoms with van der Waals surface area (Å²) in [6.45, 7) is 0. The van der Waals surface area contributed by atoms with Crippen molar-refractivity contribution in [2.45, 2.75) is 12.8 Å². The molecule has 1 aliphatic carbocycles. The second-order valence-electron chi connectivity index (χ2n) is 5.12. The molecule has 108 valence electrons. The molecule has 2 atom stereocenters. The summed E-state index contributed by atoms with van der Waals surface area (Å²) in [6.07, 6.45) is 4.91.